The maximum atomic E-state index is 13.0. The van der Waals surface area contributed by atoms with Gasteiger partial charge in [0.2, 0.25) is 0 Å². The largest absolute Gasteiger partial charge is 0.396 e. The molecule has 0 saturated carbocycles. The van der Waals surface area contributed by atoms with Crippen LogP contribution in [0.5, 0.6) is 0 Å². The molecule has 6 heteroatoms. The summed E-state index contributed by atoms with van der Waals surface area (Å²) in [6.45, 7) is 4.35. The van der Waals surface area contributed by atoms with Crippen LogP contribution in [-0.4, -0.2) is 22.4 Å². The molecule has 1 aromatic carbocycles. The van der Waals surface area contributed by atoms with Crippen molar-refractivity contribution in [2.45, 2.75) is 13.8 Å². The van der Waals surface area contributed by atoms with Gasteiger partial charge < -0.3 is 5.73 Å². The number of carbonyl (C=O) groups excluding carboxylic acids is 1. The van der Waals surface area contributed by atoms with Crippen molar-refractivity contribution in [2.75, 3.05) is 17.2 Å². The van der Waals surface area contributed by atoms with Crippen LogP contribution in [0.1, 0.15) is 23.0 Å². The Balaban J connectivity index is 2.01. The fourth-order valence-corrected chi connectivity index (χ4v) is 3.33. The van der Waals surface area contributed by atoms with E-state index in [2.05, 4.69) is 9.97 Å². The van der Waals surface area contributed by atoms with Crippen LogP contribution in [0.25, 0.3) is 11.3 Å². The zero-order valence-electron chi connectivity index (χ0n) is 13.6. The molecule has 0 aliphatic heterocycles. The molecule has 0 spiro atoms. The summed E-state index contributed by atoms with van der Waals surface area (Å²) in [5, 5.41) is 2.61. The molecule has 0 bridgehead atoms. The molecule has 0 aliphatic carbocycles. The molecule has 1 amide bonds. The Morgan fingerprint density at radius 2 is 2.00 bits per heavy atom. The van der Waals surface area contributed by atoms with Gasteiger partial charge in [-0.15, -0.1) is 11.3 Å². The number of rotatable bonds is 4. The first-order chi connectivity index (χ1) is 11.6. The van der Waals surface area contributed by atoms with Gasteiger partial charge in [0.1, 0.15) is 0 Å². The number of pyridine rings is 1. The number of thiazole rings is 1. The van der Waals surface area contributed by atoms with Gasteiger partial charge in [0.05, 0.1) is 22.6 Å². The number of hydrogen-bond acceptors (Lipinski definition) is 5. The predicted octanol–water partition coefficient (Wildman–Crippen LogP) is 3.76. The Kier molecular flexibility index (Phi) is 4.57. The van der Waals surface area contributed by atoms with E-state index in [1.807, 2.05) is 49.6 Å². The van der Waals surface area contributed by atoms with Gasteiger partial charge >= 0.3 is 0 Å². The van der Waals surface area contributed by atoms with Crippen LogP contribution in [0.2, 0.25) is 0 Å². The lowest BCUT2D eigenvalue weighted by Crippen LogP contribution is -2.31. The second-order valence-electron chi connectivity index (χ2n) is 5.31. The first-order valence-electron chi connectivity index (χ1n) is 7.65. The lowest BCUT2D eigenvalue weighted by molar-refractivity contribution is 0.0989. The molecule has 2 aromatic heterocycles. The van der Waals surface area contributed by atoms with Crippen molar-refractivity contribution in [1.82, 2.24) is 9.97 Å². The van der Waals surface area contributed by atoms with E-state index in [9.17, 15) is 4.79 Å². The minimum Gasteiger partial charge on any atom is -0.396 e. The van der Waals surface area contributed by atoms with E-state index >= 15 is 0 Å². The molecule has 0 aliphatic rings. The van der Waals surface area contributed by atoms with E-state index in [-0.39, 0.29) is 5.91 Å². The summed E-state index contributed by atoms with van der Waals surface area (Å²) in [4.78, 5) is 23.4. The van der Waals surface area contributed by atoms with E-state index in [1.165, 1.54) is 11.3 Å². The number of nitrogen functional groups attached to an aromatic ring is 1. The van der Waals surface area contributed by atoms with Gasteiger partial charge in [0.15, 0.2) is 5.13 Å². The first kappa shape index (κ1) is 16.1. The monoisotopic (exact) mass is 338 g/mol. The third-order valence-electron chi connectivity index (χ3n) is 3.67. The molecule has 0 saturated heterocycles. The zero-order valence-corrected chi connectivity index (χ0v) is 14.4. The molecule has 0 fully saturated rings. The molecule has 3 aromatic rings. The lowest BCUT2D eigenvalue weighted by Gasteiger charge is -2.19. The average molecular weight is 338 g/mol. The Labute approximate surface area is 144 Å². The number of nitrogens with zero attached hydrogens (tertiary/aromatic N) is 3. The smallest absolute Gasteiger partial charge is 0.262 e. The summed E-state index contributed by atoms with van der Waals surface area (Å²) >= 11 is 1.45. The van der Waals surface area contributed by atoms with E-state index in [4.69, 9.17) is 5.73 Å². The van der Waals surface area contributed by atoms with Crippen LogP contribution in [0, 0.1) is 6.92 Å². The Hall–Kier alpha value is -2.73. The predicted molar refractivity (Wildman–Crippen MR) is 98.3 cm³/mol. The molecule has 2 heterocycles. The number of anilines is 2. The van der Waals surface area contributed by atoms with Crippen molar-refractivity contribution in [1.29, 1.82) is 0 Å². The van der Waals surface area contributed by atoms with Gasteiger partial charge in [0, 0.05) is 23.7 Å². The van der Waals surface area contributed by atoms with Crippen molar-refractivity contribution in [3.63, 3.8) is 0 Å². The standard InChI is InChI=1S/C18H18N4OS/c1-3-22(18-21-12(2)11-24-18)17(23)14-9-10-20-16(15(14)19)13-7-5-4-6-8-13/h4-11H,3,19H2,1-2H3. The van der Waals surface area contributed by atoms with Crippen molar-refractivity contribution >= 4 is 28.1 Å². The molecule has 0 radical (unpaired) electrons. The Morgan fingerprint density at radius 1 is 1.25 bits per heavy atom. The van der Waals surface area contributed by atoms with Crippen LogP contribution in [0.3, 0.4) is 0 Å². The lowest BCUT2D eigenvalue weighted by atomic mass is 10.1. The van der Waals surface area contributed by atoms with Crippen LogP contribution in [0.4, 0.5) is 10.8 Å². The summed E-state index contributed by atoms with van der Waals surface area (Å²) in [5.74, 6) is -0.163. The molecule has 0 unspecified atom stereocenters. The third-order valence-corrected chi connectivity index (χ3v) is 4.65. The summed E-state index contributed by atoms with van der Waals surface area (Å²) in [6, 6.07) is 11.3. The minimum absolute atomic E-state index is 0.163. The summed E-state index contributed by atoms with van der Waals surface area (Å²) in [5.41, 5.74) is 9.50. The van der Waals surface area contributed by atoms with Gasteiger partial charge in [0.25, 0.3) is 5.91 Å². The number of aromatic nitrogens is 2. The fourth-order valence-electron chi connectivity index (χ4n) is 2.46. The summed E-state index contributed by atoms with van der Waals surface area (Å²) in [7, 11) is 0. The number of amides is 1. The number of hydrogen-bond donors (Lipinski definition) is 1. The van der Waals surface area contributed by atoms with Crippen LogP contribution >= 0.6 is 11.3 Å². The quantitative estimate of drug-likeness (QED) is 0.786. The van der Waals surface area contributed by atoms with Crippen LogP contribution in [0.15, 0.2) is 48.0 Å². The van der Waals surface area contributed by atoms with Gasteiger partial charge in [-0.25, -0.2) is 4.98 Å². The van der Waals surface area contributed by atoms with Crippen molar-refractivity contribution in [2.24, 2.45) is 0 Å². The fraction of sp³-hybridized carbons (Fsp3) is 0.167. The molecule has 0 atom stereocenters. The second kappa shape index (κ2) is 6.80. The van der Waals surface area contributed by atoms with E-state index in [0.29, 0.717) is 28.6 Å². The minimum atomic E-state index is -0.163. The number of aryl methyl sites for hydroxylation is 1. The SMILES string of the molecule is CCN(C(=O)c1ccnc(-c2ccccc2)c1N)c1nc(C)cs1. The Morgan fingerprint density at radius 3 is 2.62 bits per heavy atom. The highest BCUT2D eigenvalue weighted by Gasteiger charge is 2.22. The molecular formula is C18H18N4OS. The topological polar surface area (TPSA) is 72.1 Å². The highest BCUT2D eigenvalue weighted by Crippen LogP contribution is 2.29. The third kappa shape index (κ3) is 3.00. The second-order valence-corrected chi connectivity index (χ2v) is 6.14. The first-order valence-corrected chi connectivity index (χ1v) is 8.53. The summed E-state index contributed by atoms with van der Waals surface area (Å²) in [6.07, 6.45) is 1.62. The summed E-state index contributed by atoms with van der Waals surface area (Å²) < 4.78 is 0. The molecular weight excluding hydrogens is 320 g/mol. The maximum Gasteiger partial charge on any atom is 0.262 e. The molecule has 2 N–H and O–H groups in total. The maximum absolute atomic E-state index is 13.0. The molecule has 3 rings (SSSR count). The zero-order chi connectivity index (χ0) is 17.1. The Bertz CT molecular complexity index is 860. The average Bonchev–Trinajstić information content (AvgIpc) is 3.02. The van der Waals surface area contributed by atoms with E-state index in [1.54, 1.807) is 17.2 Å². The van der Waals surface area contributed by atoms with Crippen molar-refractivity contribution < 1.29 is 4.79 Å². The molecule has 122 valence electrons. The number of carbonyl (C=O) groups is 1. The normalized spacial score (nSPS) is 10.6. The molecule has 24 heavy (non-hydrogen) atoms. The highest BCUT2D eigenvalue weighted by atomic mass is 32.1. The molecule has 5 nitrogen and oxygen atoms in total. The van der Waals surface area contributed by atoms with Gasteiger partial charge in [-0.05, 0) is 19.9 Å². The van der Waals surface area contributed by atoms with Crippen LogP contribution in [-0.2, 0) is 0 Å². The van der Waals surface area contributed by atoms with Crippen molar-refractivity contribution in [3.05, 3.63) is 59.2 Å². The highest BCUT2D eigenvalue weighted by molar-refractivity contribution is 7.14. The number of benzene rings is 1. The van der Waals surface area contributed by atoms with Crippen LogP contribution < -0.4 is 10.6 Å². The van der Waals surface area contributed by atoms with Gasteiger partial charge in [-0.1, -0.05) is 30.3 Å². The van der Waals surface area contributed by atoms with E-state index in [0.717, 1.165) is 11.3 Å². The van der Waals surface area contributed by atoms with E-state index < -0.39 is 0 Å². The van der Waals surface area contributed by atoms with Gasteiger partial charge in [-0.2, -0.15) is 0 Å². The van der Waals surface area contributed by atoms with Crippen molar-refractivity contribution in [3.8, 4) is 11.3 Å². The van der Waals surface area contributed by atoms with Gasteiger partial charge in [-0.3, -0.25) is 14.7 Å². The number of nitrogens with two attached hydrogens (primary N) is 1.